The quantitative estimate of drug-likeness (QED) is 0.864. The van der Waals surface area contributed by atoms with Crippen molar-refractivity contribution < 1.29 is 4.79 Å². The maximum atomic E-state index is 12.3. The van der Waals surface area contributed by atoms with Crippen molar-refractivity contribution >= 4 is 24.0 Å². The minimum Gasteiger partial charge on any atom is -0.322 e. The number of carbonyl (C=O) groups excluding carboxylic acids is 1. The first-order valence-corrected chi connectivity index (χ1v) is 8.33. The molecule has 3 nitrogen and oxygen atoms in total. The molecule has 1 atom stereocenters. The van der Waals surface area contributed by atoms with E-state index in [0.29, 0.717) is 11.5 Å². The van der Waals surface area contributed by atoms with Crippen LogP contribution < -0.4 is 10.6 Å². The fourth-order valence-corrected chi connectivity index (χ4v) is 3.06. The van der Waals surface area contributed by atoms with Crippen LogP contribution >= 0.6 is 12.4 Å². The highest BCUT2D eigenvalue weighted by Crippen LogP contribution is 2.24. The number of rotatable bonds is 3. The van der Waals surface area contributed by atoms with Gasteiger partial charge in [0, 0.05) is 17.8 Å². The Morgan fingerprint density at radius 3 is 2.46 bits per heavy atom. The molecule has 1 fully saturated rings. The molecule has 1 heterocycles. The summed E-state index contributed by atoms with van der Waals surface area (Å²) in [6.07, 6.45) is 2.47. The van der Waals surface area contributed by atoms with Crippen molar-refractivity contribution in [3.63, 3.8) is 0 Å². The average molecular weight is 345 g/mol. The van der Waals surface area contributed by atoms with Gasteiger partial charge in [-0.1, -0.05) is 18.2 Å². The van der Waals surface area contributed by atoms with Gasteiger partial charge in [-0.25, -0.2) is 0 Å². The van der Waals surface area contributed by atoms with E-state index in [0.717, 1.165) is 24.3 Å². The molecule has 4 heteroatoms. The van der Waals surface area contributed by atoms with E-state index in [4.69, 9.17) is 0 Å². The van der Waals surface area contributed by atoms with Crippen LogP contribution in [0.5, 0.6) is 0 Å². The van der Waals surface area contributed by atoms with Crippen LogP contribution in [0.2, 0.25) is 0 Å². The molecule has 0 aromatic heterocycles. The van der Waals surface area contributed by atoms with Crippen LogP contribution in [-0.4, -0.2) is 19.0 Å². The average Bonchev–Trinajstić information content (AvgIpc) is 2.59. The highest BCUT2D eigenvalue weighted by atomic mass is 35.5. The fraction of sp³-hybridized carbons (Fsp3) is 0.350. The van der Waals surface area contributed by atoms with Gasteiger partial charge in [0.15, 0.2) is 0 Å². The van der Waals surface area contributed by atoms with Crippen LogP contribution in [0.15, 0.2) is 42.5 Å². The number of nitrogens with one attached hydrogen (secondary N) is 2. The monoisotopic (exact) mass is 344 g/mol. The predicted octanol–water partition coefficient (Wildman–Crippen LogP) is 4.44. The molecule has 0 saturated carbocycles. The number of aryl methyl sites for hydroxylation is 2. The van der Waals surface area contributed by atoms with E-state index < -0.39 is 0 Å². The zero-order valence-electron chi connectivity index (χ0n) is 14.3. The van der Waals surface area contributed by atoms with E-state index in [-0.39, 0.29) is 18.3 Å². The van der Waals surface area contributed by atoms with Gasteiger partial charge in [-0.05, 0) is 80.1 Å². The second kappa shape index (κ2) is 8.32. The van der Waals surface area contributed by atoms with E-state index in [2.05, 4.69) is 29.7 Å². The predicted molar refractivity (Wildman–Crippen MR) is 102 cm³/mol. The molecule has 0 spiro atoms. The van der Waals surface area contributed by atoms with Crippen molar-refractivity contribution in [1.29, 1.82) is 0 Å². The lowest BCUT2D eigenvalue weighted by atomic mass is 9.91. The lowest BCUT2D eigenvalue weighted by molar-refractivity contribution is 0.102. The molecule has 3 rings (SSSR count). The van der Waals surface area contributed by atoms with Gasteiger partial charge in [0.2, 0.25) is 0 Å². The summed E-state index contributed by atoms with van der Waals surface area (Å²) < 4.78 is 0. The third kappa shape index (κ3) is 4.37. The van der Waals surface area contributed by atoms with Crippen molar-refractivity contribution in [2.24, 2.45) is 0 Å². The Morgan fingerprint density at radius 2 is 1.83 bits per heavy atom. The van der Waals surface area contributed by atoms with Gasteiger partial charge in [-0.3, -0.25) is 4.79 Å². The Hall–Kier alpha value is -1.84. The third-order valence-electron chi connectivity index (χ3n) is 4.71. The van der Waals surface area contributed by atoms with Gasteiger partial charge in [-0.2, -0.15) is 0 Å². The summed E-state index contributed by atoms with van der Waals surface area (Å²) in [5.74, 6) is 0.536. The number of benzene rings is 2. The molecular weight excluding hydrogens is 320 g/mol. The maximum absolute atomic E-state index is 12.3. The molecule has 0 unspecified atom stereocenters. The lowest BCUT2D eigenvalue weighted by Crippen LogP contribution is -2.28. The molecule has 2 aromatic carbocycles. The van der Waals surface area contributed by atoms with Crippen molar-refractivity contribution in [3.8, 4) is 0 Å². The van der Waals surface area contributed by atoms with E-state index in [1.807, 2.05) is 37.3 Å². The second-order valence-electron chi connectivity index (χ2n) is 6.42. The number of hydrogen-bond donors (Lipinski definition) is 2. The Bertz CT molecular complexity index is 691. The molecule has 1 aliphatic heterocycles. The maximum Gasteiger partial charge on any atom is 0.255 e. The molecule has 2 aromatic rings. The first-order chi connectivity index (χ1) is 11.1. The Labute approximate surface area is 150 Å². The molecule has 1 amide bonds. The minimum absolute atomic E-state index is 0. The summed E-state index contributed by atoms with van der Waals surface area (Å²) in [5.41, 5.74) is 5.24. The van der Waals surface area contributed by atoms with Crippen molar-refractivity contribution in [2.45, 2.75) is 32.6 Å². The van der Waals surface area contributed by atoms with Gasteiger partial charge in [0.25, 0.3) is 5.91 Å². The zero-order chi connectivity index (χ0) is 16.2. The van der Waals surface area contributed by atoms with Gasteiger partial charge >= 0.3 is 0 Å². The Morgan fingerprint density at radius 1 is 1.08 bits per heavy atom. The Balaban J connectivity index is 0.00000208. The smallest absolute Gasteiger partial charge is 0.255 e. The number of carbonyl (C=O) groups is 1. The molecule has 128 valence electrons. The summed E-state index contributed by atoms with van der Waals surface area (Å²) >= 11 is 0. The highest BCUT2D eigenvalue weighted by Gasteiger charge is 2.15. The number of halogens is 1. The van der Waals surface area contributed by atoms with Crippen LogP contribution in [0.1, 0.15) is 45.8 Å². The number of piperidine rings is 1. The summed E-state index contributed by atoms with van der Waals surface area (Å²) in [7, 11) is 0. The van der Waals surface area contributed by atoms with Crippen molar-refractivity contribution in [1.82, 2.24) is 5.32 Å². The standard InChI is InChI=1S/C20H24N2O.ClH/c1-14-5-6-17(12-15(14)2)20(23)22-19-9-7-16(8-10-19)18-4-3-11-21-13-18;/h5-10,12,18,21H,3-4,11,13H2,1-2H3,(H,22,23);1H/t18-;/m0./s1. The van der Waals surface area contributed by atoms with Crippen LogP contribution in [0.25, 0.3) is 0 Å². The normalized spacial score (nSPS) is 17.0. The highest BCUT2D eigenvalue weighted by molar-refractivity contribution is 6.04. The van der Waals surface area contributed by atoms with Crippen LogP contribution in [0.4, 0.5) is 5.69 Å². The Kier molecular flexibility index (Phi) is 6.41. The fourth-order valence-electron chi connectivity index (χ4n) is 3.06. The number of hydrogen-bond acceptors (Lipinski definition) is 2. The van der Waals surface area contributed by atoms with E-state index in [1.165, 1.54) is 24.0 Å². The van der Waals surface area contributed by atoms with E-state index in [1.54, 1.807) is 0 Å². The van der Waals surface area contributed by atoms with Crippen LogP contribution in [-0.2, 0) is 0 Å². The largest absolute Gasteiger partial charge is 0.322 e. The van der Waals surface area contributed by atoms with Crippen molar-refractivity contribution in [3.05, 3.63) is 64.7 Å². The summed E-state index contributed by atoms with van der Waals surface area (Å²) in [6, 6.07) is 14.1. The molecule has 1 saturated heterocycles. The van der Waals surface area contributed by atoms with Gasteiger partial charge in [-0.15, -0.1) is 12.4 Å². The molecular formula is C20H25ClN2O. The first kappa shape index (κ1) is 18.5. The first-order valence-electron chi connectivity index (χ1n) is 8.33. The molecule has 2 N–H and O–H groups in total. The minimum atomic E-state index is -0.0554. The van der Waals surface area contributed by atoms with Crippen molar-refractivity contribution in [2.75, 3.05) is 18.4 Å². The number of anilines is 1. The van der Waals surface area contributed by atoms with Gasteiger partial charge in [0.1, 0.15) is 0 Å². The van der Waals surface area contributed by atoms with E-state index >= 15 is 0 Å². The van der Waals surface area contributed by atoms with E-state index in [9.17, 15) is 4.79 Å². The third-order valence-corrected chi connectivity index (χ3v) is 4.71. The topological polar surface area (TPSA) is 41.1 Å². The second-order valence-corrected chi connectivity index (χ2v) is 6.42. The molecule has 0 bridgehead atoms. The van der Waals surface area contributed by atoms with Gasteiger partial charge < -0.3 is 10.6 Å². The number of amides is 1. The van der Waals surface area contributed by atoms with Crippen LogP contribution in [0.3, 0.4) is 0 Å². The molecule has 24 heavy (non-hydrogen) atoms. The SMILES string of the molecule is Cc1ccc(C(=O)Nc2ccc([C@H]3CCCNC3)cc2)cc1C.Cl. The molecule has 0 aliphatic carbocycles. The molecule has 1 aliphatic rings. The summed E-state index contributed by atoms with van der Waals surface area (Å²) in [6.45, 7) is 6.25. The summed E-state index contributed by atoms with van der Waals surface area (Å²) in [4.78, 5) is 12.3. The van der Waals surface area contributed by atoms with Gasteiger partial charge in [0.05, 0.1) is 0 Å². The lowest BCUT2D eigenvalue weighted by Gasteiger charge is -2.23. The molecule has 0 radical (unpaired) electrons. The van der Waals surface area contributed by atoms with Crippen LogP contribution in [0, 0.1) is 13.8 Å². The zero-order valence-corrected chi connectivity index (χ0v) is 15.1. The summed E-state index contributed by atoms with van der Waals surface area (Å²) in [5, 5.41) is 6.42.